The second-order valence-electron chi connectivity index (χ2n) is 2.67. The van der Waals surface area contributed by atoms with Gasteiger partial charge in [-0.3, -0.25) is 0 Å². The molecular weight excluding hydrogens is 127 g/mol. The van der Waals surface area contributed by atoms with Crippen LogP contribution in [0, 0.1) is 0 Å². The monoisotopic (exact) mass is 136 g/mol. The Morgan fingerprint density at radius 1 is 1.00 bits per heavy atom. The van der Waals surface area contributed by atoms with E-state index in [-0.39, 0.29) is 0 Å². The van der Waals surface area contributed by atoms with Crippen LogP contribution in [0.3, 0.4) is 0 Å². The average molecular weight is 136 g/mol. The summed E-state index contributed by atoms with van der Waals surface area (Å²) >= 11 is 0. The van der Waals surface area contributed by atoms with Crippen molar-refractivity contribution in [3.8, 4) is 0 Å². The van der Waals surface area contributed by atoms with Gasteiger partial charge in [0.1, 0.15) is 0 Å². The molecule has 1 saturated carbocycles. The highest BCUT2D eigenvalue weighted by molar-refractivity contribution is 6.60. The van der Waals surface area contributed by atoms with E-state index in [4.69, 9.17) is 0 Å². The fourth-order valence-corrected chi connectivity index (χ4v) is 1.34. The molecule has 0 saturated heterocycles. The molecule has 54 valence electrons. The zero-order valence-corrected chi connectivity index (χ0v) is 5.12. The van der Waals surface area contributed by atoms with Crippen LogP contribution in [0.15, 0.2) is 0 Å². The molecule has 0 nitrogen and oxygen atoms in total. The molecule has 0 bridgehead atoms. The SMILES string of the molecule is F[B-](F)([18F])C1CCCC1. The lowest BCUT2D eigenvalue weighted by Gasteiger charge is -2.20. The first-order valence-electron chi connectivity index (χ1n) is 3.30. The summed E-state index contributed by atoms with van der Waals surface area (Å²) in [5.41, 5.74) is 0. The largest absolute Gasteiger partial charge is 0.481 e. The summed E-state index contributed by atoms with van der Waals surface area (Å²) in [6, 6.07) is 0. The van der Waals surface area contributed by atoms with E-state index < -0.39 is 12.8 Å². The van der Waals surface area contributed by atoms with Crippen molar-refractivity contribution >= 4 is 6.98 Å². The summed E-state index contributed by atoms with van der Waals surface area (Å²) in [5, 5.41) is 0. The number of hydrogen-bond acceptors (Lipinski definition) is 0. The molecule has 0 aromatic carbocycles. The minimum atomic E-state index is -4.51. The lowest BCUT2D eigenvalue weighted by Crippen LogP contribution is -2.21. The van der Waals surface area contributed by atoms with Crippen LogP contribution < -0.4 is 0 Å². The molecule has 1 fully saturated rings. The van der Waals surface area contributed by atoms with E-state index in [1.165, 1.54) is 0 Å². The summed E-state index contributed by atoms with van der Waals surface area (Å²) in [6.07, 6.45) is 2.30. The molecule has 0 unspecified atom stereocenters. The van der Waals surface area contributed by atoms with Gasteiger partial charge < -0.3 is 12.9 Å². The zero-order valence-electron chi connectivity index (χ0n) is 5.12. The predicted molar refractivity (Wildman–Crippen MR) is 31.3 cm³/mol. The van der Waals surface area contributed by atoms with Crippen LogP contribution in [0.2, 0.25) is 5.82 Å². The molecule has 0 radical (unpaired) electrons. The molecule has 4 heteroatoms. The van der Waals surface area contributed by atoms with Gasteiger partial charge in [-0.25, -0.2) is 0 Å². The molecule has 1 rings (SSSR count). The van der Waals surface area contributed by atoms with E-state index in [1.807, 2.05) is 0 Å². The smallest absolute Gasteiger partial charge is 0.449 e. The van der Waals surface area contributed by atoms with Gasteiger partial charge in [-0.1, -0.05) is 31.5 Å². The number of halogens is 3. The molecule has 9 heavy (non-hydrogen) atoms. The highest BCUT2D eigenvalue weighted by Crippen LogP contribution is 2.40. The normalized spacial score (nSPS) is 23.0. The van der Waals surface area contributed by atoms with Crippen LogP contribution in [0.25, 0.3) is 0 Å². The highest BCUT2D eigenvalue weighted by atomic mass is 19.3. The molecule has 0 amide bonds. The van der Waals surface area contributed by atoms with Crippen molar-refractivity contribution in [3.05, 3.63) is 0 Å². The Balaban J connectivity index is 2.42. The first kappa shape index (κ1) is 6.97. The summed E-state index contributed by atoms with van der Waals surface area (Å²) in [6.45, 7) is -4.51. The van der Waals surface area contributed by atoms with Gasteiger partial charge in [0.2, 0.25) is 0 Å². The molecule has 0 N–H and O–H groups in total. The third-order valence-electron chi connectivity index (χ3n) is 1.93. The Morgan fingerprint density at radius 2 is 1.44 bits per heavy atom. The number of rotatable bonds is 1. The molecule has 1 aliphatic carbocycles. The molecular formula is C5H9BF3-. The van der Waals surface area contributed by atoms with Crippen molar-refractivity contribution in [1.29, 1.82) is 0 Å². The van der Waals surface area contributed by atoms with Crippen molar-refractivity contribution in [2.24, 2.45) is 0 Å². The van der Waals surface area contributed by atoms with Gasteiger partial charge in [0.15, 0.2) is 0 Å². The van der Waals surface area contributed by atoms with E-state index >= 15 is 0 Å². The van der Waals surface area contributed by atoms with Crippen LogP contribution in [0.5, 0.6) is 0 Å². The first-order valence-corrected chi connectivity index (χ1v) is 3.30. The second kappa shape index (κ2) is 2.23. The predicted octanol–water partition coefficient (Wildman–Crippen LogP) is 2.78. The van der Waals surface area contributed by atoms with E-state index in [0.717, 1.165) is 12.8 Å². The summed E-state index contributed by atoms with van der Waals surface area (Å²) in [5.74, 6) is -0.926. The number of hydrogen-bond donors (Lipinski definition) is 0. The Morgan fingerprint density at radius 3 is 1.67 bits per heavy atom. The van der Waals surface area contributed by atoms with E-state index in [0.29, 0.717) is 12.8 Å². The second-order valence-corrected chi connectivity index (χ2v) is 2.67. The summed E-state index contributed by atoms with van der Waals surface area (Å²) in [4.78, 5) is 0. The highest BCUT2D eigenvalue weighted by Gasteiger charge is 2.35. The van der Waals surface area contributed by atoms with Crippen molar-refractivity contribution in [2.75, 3.05) is 0 Å². The standard InChI is InChI=1S/C5H9BF3/c7-6(8,9)5-3-1-2-4-5/h5H,1-4H2/q-1/i7-1. The third kappa shape index (κ3) is 1.63. The lowest BCUT2D eigenvalue weighted by atomic mass is 9.71. The molecule has 1 aliphatic rings. The maximum atomic E-state index is 11.8. The van der Waals surface area contributed by atoms with Gasteiger partial charge in [-0.15, -0.1) is 0 Å². The maximum absolute atomic E-state index is 11.8. The molecule has 0 heterocycles. The minimum absolute atomic E-state index is 0.378. The van der Waals surface area contributed by atoms with Gasteiger partial charge in [0, 0.05) is 0 Å². The van der Waals surface area contributed by atoms with Crippen molar-refractivity contribution < 1.29 is 12.9 Å². The van der Waals surface area contributed by atoms with Crippen LogP contribution >= 0.6 is 0 Å². The summed E-state index contributed by atoms with van der Waals surface area (Å²) in [7, 11) is 0. The molecule has 0 aliphatic heterocycles. The Bertz CT molecular complexity index is 92.9. The quantitative estimate of drug-likeness (QED) is 0.486. The molecule has 0 spiro atoms. The Kier molecular flexibility index (Phi) is 1.73. The molecule has 0 aromatic heterocycles. The molecule has 0 aromatic rings. The van der Waals surface area contributed by atoms with Crippen LogP contribution in [-0.4, -0.2) is 6.98 Å². The van der Waals surface area contributed by atoms with Gasteiger partial charge >= 0.3 is 6.98 Å². The Hall–Kier alpha value is -0.145. The van der Waals surface area contributed by atoms with Crippen molar-refractivity contribution in [3.63, 3.8) is 0 Å². The summed E-state index contributed by atoms with van der Waals surface area (Å²) < 4.78 is 35.5. The van der Waals surface area contributed by atoms with E-state index in [9.17, 15) is 12.9 Å². The van der Waals surface area contributed by atoms with Crippen LogP contribution in [-0.2, 0) is 0 Å². The van der Waals surface area contributed by atoms with E-state index in [1.54, 1.807) is 0 Å². The minimum Gasteiger partial charge on any atom is -0.449 e. The van der Waals surface area contributed by atoms with Gasteiger partial charge in [-0.05, 0) is 0 Å². The average Bonchev–Trinajstić information content (AvgIpc) is 2.08. The van der Waals surface area contributed by atoms with E-state index in [2.05, 4.69) is 0 Å². The van der Waals surface area contributed by atoms with Crippen molar-refractivity contribution in [2.45, 2.75) is 31.5 Å². The van der Waals surface area contributed by atoms with Crippen LogP contribution in [0.4, 0.5) is 12.9 Å². The van der Waals surface area contributed by atoms with Crippen molar-refractivity contribution in [1.82, 2.24) is 0 Å². The van der Waals surface area contributed by atoms with Gasteiger partial charge in [0.25, 0.3) is 0 Å². The fraction of sp³-hybridized carbons (Fsp3) is 1.00. The third-order valence-corrected chi connectivity index (χ3v) is 1.93. The van der Waals surface area contributed by atoms with Gasteiger partial charge in [0.05, 0.1) is 0 Å². The topological polar surface area (TPSA) is 0 Å². The lowest BCUT2D eigenvalue weighted by molar-refractivity contribution is 0.432. The molecule has 0 atom stereocenters. The Labute approximate surface area is 52.5 Å². The zero-order chi connectivity index (χ0) is 6.91. The fourth-order valence-electron chi connectivity index (χ4n) is 1.34. The maximum Gasteiger partial charge on any atom is 0.481 e. The first-order chi connectivity index (χ1) is 4.11. The van der Waals surface area contributed by atoms with Gasteiger partial charge in [-0.2, -0.15) is 0 Å². The van der Waals surface area contributed by atoms with Crippen LogP contribution in [0.1, 0.15) is 25.7 Å².